The third kappa shape index (κ3) is 4.60. The first-order valence-electron chi connectivity index (χ1n) is 8.15. The summed E-state index contributed by atoms with van der Waals surface area (Å²) in [5, 5.41) is 2.75. The number of nitrogens with zero attached hydrogens (tertiary/aromatic N) is 2. The summed E-state index contributed by atoms with van der Waals surface area (Å²) in [4.78, 5) is 16.3. The molecule has 0 unspecified atom stereocenters. The molecule has 0 fully saturated rings. The van der Waals surface area contributed by atoms with Crippen molar-refractivity contribution in [3.63, 3.8) is 0 Å². The van der Waals surface area contributed by atoms with Gasteiger partial charge >= 0.3 is 0 Å². The molecule has 3 aromatic rings. The van der Waals surface area contributed by atoms with Gasteiger partial charge in [-0.25, -0.2) is 13.4 Å². The van der Waals surface area contributed by atoms with Crippen molar-refractivity contribution in [1.29, 1.82) is 0 Å². The van der Waals surface area contributed by atoms with Crippen LogP contribution in [0.3, 0.4) is 0 Å². The van der Waals surface area contributed by atoms with Crippen LogP contribution in [-0.4, -0.2) is 30.4 Å². The number of rotatable bonds is 8. The number of benzene rings is 1. The van der Waals surface area contributed by atoms with E-state index < -0.39 is 9.84 Å². The normalized spacial score (nSPS) is 11.4. The molecule has 26 heavy (non-hydrogen) atoms. The molecule has 0 spiro atoms. The number of imidazole rings is 1. The highest BCUT2D eigenvalue weighted by atomic mass is 32.2. The molecule has 0 saturated carbocycles. The van der Waals surface area contributed by atoms with Gasteiger partial charge in [0.05, 0.1) is 11.2 Å². The van der Waals surface area contributed by atoms with Crippen LogP contribution < -0.4 is 5.32 Å². The van der Waals surface area contributed by atoms with Crippen LogP contribution in [-0.2, 0) is 22.1 Å². The van der Waals surface area contributed by atoms with Crippen LogP contribution in [0.2, 0.25) is 0 Å². The molecular formula is C18H19N3O4S. The SMILES string of the molecule is O=C(NCCCn1ccnc1)c1ccc(CS(=O)(=O)c2ccccc2)o1. The number of furan rings is 1. The highest BCUT2D eigenvalue weighted by molar-refractivity contribution is 7.90. The quantitative estimate of drug-likeness (QED) is 0.611. The average Bonchev–Trinajstić information content (AvgIpc) is 3.31. The van der Waals surface area contributed by atoms with Crippen LogP contribution in [0.15, 0.2) is 70.5 Å². The van der Waals surface area contributed by atoms with Gasteiger partial charge in [0, 0.05) is 25.5 Å². The first-order chi connectivity index (χ1) is 12.5. The zero-order valence-corrected chi connectivity index (χ0v) is 14.9. The minimum atomic E-state index is -3.51. The standard InChI is InChI=1S/C18H19N3O4S/c22-18(20-9-4-11-21-12-10-19-14-21)17-8-7-15(25-17)13-26(23,24)16-5-2-1-3-6-16/h1-3,5-8,10,12,14H,4,9,11,13H2,(H,20,22). The van der Waals surface area contributed by atoms with Gasteiger partial charge in [-0.1, -0.05) is 18.2 Å². The van der Waals surface area contributed by atoms with E-state index in [1.807, 2.05) is 10.8 Å². The summed E-state index contributed by atoms with van der Waals surface area (Å²) >= 11 is 0. The number of sulfone groups is 1. The fraction of sp³-hybridized carbons (Fsp3) is 0.222. The molecule has 0 aliphatic heterocycles. The van der Waals surface area contributed by atoms with Crippen LogP contribution in [0.25, 0.3) is 0 Å². The summed E-state index contributed by atoms with van der Waals surface area (Å²) < 4.78 is 32.0. The molecule has 136 valence electrons. The van der Waals surface area contributed by atoms with Crippen molar-refractivity contribution in [2.75, 3.05) is 6.54 Å². The third-order valence-electron chi connectivity index (χ3n) is 3.76. The van der Waals surface area contributed by atoms with E-state index in [1.165, 1.54) is 24.3 Å². The second kappa shape index (κ2) is 8.01. The number of amides is 1. The van der Waals surface area contributed by atoms with Crippen molar-refractivity contribution >= 4 is 15.7 Å². The van der Waals surface area contributed by atoms with Gasteiger partial charge in [0.2, 0.25) is 0 Å². The number of carbonyl (C=O) groups is 1. The first kappa shape index (κ1) is 17.9. The first-order valence-corrected chi connectivity index (χ1v) is 9.80. The van der Waals surface area contributed by atoms with Crippen molar-refractivity contribution in [2.24, 2.45) is 0 Å². The number of aromatic nitrogens is 2. The Labute approximate surface area is 151 Å². The predicted octanol–water partition coefficient (Wildman–Crippen LogP) is 2.27. The van der Waals surface area contributed by atoms with Gasteiger partial charge in [-0.05, 0) is 30.7 Å². The maximum atomic E-state index is 12.3. The van der Waals surface area contributed by atoms with Crippen LogP contribution in [0.5, 0.6) is 0 Å². The summed E-state index contributed by atoms with van der Waals surface area (Å²) in [7, 11) is -3.51. The van der Waals surface area contributed by atoms with Crippen LogP contribution in [0.4, 0.5) is 0 Å². The van der Waals surface area contributed by atoms with Crippen molar-refractivity contribution in [3.8, 4) is 0 Å². The second-order valence-electron chi connectivity index (χ2n) is 5.75. The second-order valence-corrected chi connectivity index (χ2v) is 7.74. The molecule has 2 heterocycles. The van der Waals surface area contributed by atoms with Crippen LogP contribution in [0.1, 0.15) is 22.7 Å². The summed E-state index contributed by atoms with van der Waals surface area (Å²) in [6.07, 6.45) is 6.02. The van der Waals surface area contributed by atoms with Gasteiger partial charge in [0.25, 0.3) is 5.91 Å². The molecule has 0 aliphatic rings. The predicted molar refractivity (Wildman–Crippen MR) is 95.2 cm³/mol. The highest BCUT2D eigenvalue weighted by Gasteiger charge is 2.19. The maximum absolute atomic E-state index is 12.3. The van der Waals surface area contributed by atoms with Crippen molar-refractivity contribution in [3.05, 3.63) is 72.7 Å². The number of hydrogen-bond donors (Lipinski definition) is 1. The van der Waals surface area contributed by atoms with Gasteiger partial charge in [-0.2, -0.15) is 0 Å². The van der Waals surface area contributed by atoms with E-state index in [0.29, 0.717) is 6.54 Å². The molecule has 0 aliphatic carbocycles. The Balaban J connectivity index is 1.53. The lowest BCUT2D eigenvalue weighted by atomic mass is 10.3. The van der Waals surface area contributed by atoms with E-state index in [9.17, 15) is 13.2 Å². The largest absolute Gasteiger partial charge is 0.455 e. The number of hydrogen-bond acceptors (Lipinski definition) is 5. The smallest absolute Gasteiger partial charge is 0.286 e. The Morgan fingerprint density at radius 3 is 2.69 bits per heavy atom. The van der Waals surface area contributed by atoms with Crippen LogP contribution in [0, 0.1) is 0 Å². The molecule has 0 saturated heterocycles. The Kier molecular flexibility index (Phi) is 5.52. The van der Waals surface area contributed by atoms with Crippen LogP contribution >= 0.6 is 0 Å². The molecule has 7 nitrogen and oxygen atoms in total. The molecule has 0 atom stereocenters. The van der Waals surface area contributed by atoms with E-state index in [-0.39, 0.29) is 28.1 Å². The minimum Gasteiger partial charge on any atom is -0.455 e. The maximum Gasteiger partial charge on any atom is 0.286 e. The Bertz CT molecular complexity index is 948. The van der Waals surface area contributed by atoms with Crippen molar-refractivity contribution in [2.45, 2.75) is 23.6 Å². The highest BCUT2D eigenvalue weighted by Crippen LogP contribution is 2.18. The minimum absolute atomic E-state index is 0.103. The topological polar surface area (TPSA) is 94.2 Å². The summed E-state index contributed by atoms with van der Waals surface area (Å²) in [6.45, 7) is 1.23. The molecule has 1 N–H and O–H groups in total. The van der Waals surface area contributed by atoms with Crippen molar-refractivity contribution < 1.29 is 17.6 Å². The van der Waals surface area contributed by atoms with E-state index in [4.69, 9.17) is 4.42 Å². The van der Waals surface area contributed by atoms with Crippen molar-refractivity contribution in [1.82, 2.24) is 14.9 Å². The molecule has 2 aromatic heterocycles. The summed E-state index contributed by atoms with van der Waals surface area (Å²) in [5.74, 6) is -0.312. The van der Waals surface area contributed by atoms with Gasteiger partial charge < -0.3 is 14.3 Å². The Morgan fingerprint density at radius 2 is 1.96 bits per heavy atom. The fourth-order valence-electron chi connectivity index (χ4n) is 2.45. The molecule has 0 radical (unpaired) electrons. The zero-order valence-electron chi connectivity index (χ0n) is 14.0. The molecular weight excluding hydrogens is 354 g/mol. The van der Waals surface area contributed by atoms with E-state index in [0.717, 1.165) is 13.0 Å². The monoisotopic (exact) mass is 373 g/mol. The zero-order chi connectivity index (χ0) is 18.4. The van der Waals surface area contributed by atoms with Gasteiger partial charge in [0.1, 0.15) is 11.5 Å². The number of aryl methyl sites for hydroxylation is 1. The summed E-state index contributed by atoms with van der Waals surface area (Å²) in [6, 6.07) is 11.1. The lowest BCUT2D eigenvalue weighted by Gasteiger charge is -2.04. The Hall–Kier alpha value is -2.87. The molecule has 1 aromatic carbocycles. The Morgan fingerprint density at radius 1 is 1.15 bits per heavy atom. The molecule has 3 rings (SSSR count). The lowest BCUT2D eigenvalue weighted by Crippen LogP contribution is -2.24. The van der Waals surface area contributed by atoms with E-state index >= 15 is 0 Å². The van der Waals surface area contributed by atoms with E-state index in [1.54, 1.807) is 30.7 Å². The van der Waals surface area contributed by atoms with Gasteiger partial charge in [-0.15, -0.1) is 0 Å². The molecule has 8 heteroatoms. The average molecular weight is 373 g/mol. The van der Waals surface area contributed by atoms with E-state index in [2.05, 4.69) is 10.3 Å². The molecule has 0 bridgehead atoms. The lowest BCUT2D eigenvalue weighted by molar-refractivity contribution is 0.0923. The fourth-order valence-corrected chi connectivity index (χ4v) is 3.71. The van der Waals surface area contributed by atoms with Gasteiger partial charge in [-0.3, -0.25) is 4.79 Å². The third-order valence-corrected chi connectivity index (χ3v) is 5.41. The number of carbonyl (C=O) groups excluding carboxylic acids is 1. The van der Waals surface area contributed by atoms with Gasteiger partial charge in [0.15, 0.2) is 15.6 Å². The number of nitrogens with one attached hydrogen (secondary N) is 1. The molecule has 1 amide bonds. The summed E-state index contributed by atoms with van der Waals surface area (Å²) in [5.41, 5.74) is 0.